The van der Waals surface area contributed by atoms with Crippen molar-refractivity contribution in [3.8, 4) is 0 Å². The SMILES string of the molecule is C[C@]1(c2ccccc2)NC(=O)N(NC(=O)C[NH+]2CCC[C@@H]2c2cccs2)C1=O. The lowest BCUT2D eigenvalue weighted by atomic mass is 9.92. The topological polar surface area (TPSA) is 83.0 Å². The van der Waals surface area contributed by atoms with Crippen LogP contribution in [0.25, 0.3) is 0 Å². The van der Waals surface area contributed by atoms with Crippen LogP contribution in [0.15, 0.2) is 47.8 Å². The highest BCUT2D eigenvalue weighted by atomic mass is 32.1. The monoisotopic (exact) mass is 399 g/mol. The highest BCUT2D eigenvalue weighted by molar-refractivity contribution is 7.10. The quantitative estimate of drug-likeness (QED) is 0.655. The van der Waals surface area contributed by atoms with Gasteiger partial charge < -0.3 is 10.2 Å². The summed E-state index contributed by atoms with van der Waals surface area (Å²) in [6, 6.07) is 12.8. The van der Waals surface area contributed by atoms with Gasteiger partial charge in [0.1, 0.15) is 11.6 Å². The summed E-state index contributed by atoms with van der Waals surface area (Å²) in [6.45, 7) is 2.77. The van der Waals surface area contributed by atoms with Gasteiger partial charge in [-0.15, -0.1) is 11.3 Å². The Balaban J connectivity index is 1.43. The van der Waals surface area contributed by atoms with Crippen molar-refractivity contribution >= 4 is 29.2 Å². The molecule has 8 heteroatoms. The minimum absolute atomic E-state index is 0.224. The van der Waals surface area contributed by atoms with Gasteiger partial charge in [0.25, 0.3) is 11.8 Å². The molecule has 4 amide bonds. The number of hydrazine groups is 1. The van der Waals surface area contributed by atoms with Crippen LogP contribution in [-0.4, -0.2) is 35.9 Å². The van der Waals surface area contributed by atoms with Crippen LogP contribution in [0.2, 0.25) is 0 Å². The van der Waals surface area contributed by atoms with E-state index >= 15 is 0 Å². The number of carbonyl (C=O) groups is 3. The summed E-state index contributed by atoms with van der Waals surface area (Å²) < 4.78 is 0. The summed E-state index contributed by atoms with van der Waals surface area (Å²) in [7, 11) is 0. The summed E-state index contributed by atoms with van der Waals surface area (Å²) >= 11 is 1.70. The lowest BCUT2D eigenvalue weighted by Gasteiger charge is -2.23. The molecule has 3 atom stereocenters. The fourth-order valence-corrected chi connectivity index (χ4v) is 4.95. The number of imide groups is 1. The van der Waals surface area contributed by atoms with Crippen LogP contribution in [0.3, 0.4) is 0 Å². The third-order valence-electron chi connectivity index (χ3n) is 5.54. The molecule has 2 saturated heterocycles. The molecule has 3 heterocycles. The lowest BCUT2D eigenvalue weighted by molar-refractivity contribution is -0.910. The Kier molecular flexibility index (Phi) is 4.91. The van der Waals surface area contributed by atoms with Crippen LogP contribution in [-0.2, 0) is 15.1 Å². The summed E-state index contributed by atoms with van der Waals surface area (Å²) in [6.07, 6.45) is 2.10. The normalized spacial score (nSPS) is 27.1. The molecule has 0 bridgehead atoms. The molecule has 28 heavy (non-hydrogen) atoms. The van der Waals surface area contributed by atoms with Crippen molar-refractivity contribution in [2.75, 3.05) is 13.1 Å². The number of hydrogen-bond acceptors (Lipinski definition) is 4. The van der Waals surface area contributed by atoms with Gasteiger partial charge in [0, 0.05) is 12.8 Å². The average molecular weight is 399 g/mol. The fraction of sp³-hybridized carbons (Fsp3) is 0.350. The van der Waals surface area contributed by atoms with Crippen molar-refractivity contribution in [1.82, 2.24) is 15.8 Å². The van der Waals surface area contributed by atoms with Gasteiger partial charge in [0.15, 0.2) is 6.54 Å². The maximum absolute atomic E-state index is 12.9. The van der Waals surface area contributed by atoms with Crippen LogP contribution in [0.4, 0.5) is 4.79 Å². The molecule has 0 saturated carbocycles. The van der Waals surface area contributed by atoms with Crippen LogP contribution in [0.1, 0.15) is 36.2 Å². The zero-order chi connectivity index (χ0) is 19.7. The number of quaternary nitrogens is 1. The van der Waals surface area contributed by atoms with E-state index in [9.17, 15) is 14.4 Å². The number of urea groups is 1. The van der Waals surface area contributed by atoms with Crippen LogP contribution < -0.4 is 15.6 Å². The first-order valence-electron chi connectivity index (χ1n) is 9.39. The fourth-order valence-electron chi connectivity index (χ4n) is 4.03. The maximum Gasteiger partial charge on any atom is 0.344 e. The standard InChI is InChI=1S/C20H22N4O3S/c1-20(14-7-3-2-4-8-14)18(26)24(19(27)21-20)22-17(25)13-23-11-5-9-15(23)16-10-6-12-28-16/h2-4,6-8,10,12,15H,5,9,11,13H2,1H3,(H,21,27)(H,22,25)/p+1/t15-,20-/m1/s1. The van der Waals surface area contributed by atoms with Crippen LogP contribution in [0, 0.1) is 0 Å². The Morgan fingerprint density at radius 3 is 2.79 bits per heavy atom. The van der Waals surface area contributed by atoms with Gasteiger partial charge in [-0.1, -0.05) is 36.4 Å². The first-order valence-corrected chi connectivity index (χ1v) is 10.3. The number of nitrogens with zero attached hydrogens (tertiary/aromatic N) is 1. The predicted octanol–water partition coefficient (Wildman–Crippen LogP) is 0.966. The Labute approximate surface area is 167 Å². The third-order valence-corrected chi connectivity index (χ3v) is 6.52. The number of carbonyl (C=O) groups excluding carboxylic acids is 3. The van der Waals surface area contributed by atoms with Crippen molar-refractivity contribution in [2.24, 2.45) is 0 Å². The zero-order valence-electron chi connectivity index (χ0n) is 15.6. The Bertz CT molecular complexity index is 886. The van der Waals surface area contributed by atoms with Gasteiger partial charge in [0.2, 0.25) is 0 Å². The number of hydrogen-bond donors (Lipinski definition) is 3. The van der Waals surface area contributed by atoms with Gasteiger partial charge in [-0.3, -0.25) is 15.0 Å². The van der Waals surface area contributed by atoms with Crippen molar-refractivity contribution in [3.05, 3.63) is 58.3 Å². The lowest BCUT2D eigenvalue weighted by Crippen LogP contribution is -3.11. The zero-order valence-corrected chi connectivity index (χ0v) is 16.4. The second-order valence-electron chi connectivity index (χ2n) is 7.39. The van der Waals surface area contributed by atoms with Gasteiger partial charge >= 0.3 is 6.03 Å². The number of nitrogens with one attached hydrogen (secondary N) is 3. The first kappa shape index (κ1) is 18.6. The van der Waals surface area contributed by atoms with E-state index in [0.29, 0.717) is 11.6 Å². The minimum Gasteiger partial charge on any atom is -0.320 e. The number of thiophene rings is 1. The molecule has 1 aromatic carbocycles. The van der Waals surface area contributed by atoms with E-state index in [2.05, 4.69) is 16.8 Å². The van der Waals surface area contributed by atoms with E-state index in [1.165, 1.54) is 4.88 Å². The van der Waals surface area contributed by atoms with E-state index in [0.717, 1.165) is 29.3 Å². The molecule has 3 N–H and O–H groups in total. The van der Waals surface area contributed by atoms with Crippen molar-refractivity contribution in [2.45, 2.75) is 31.3 Å². The molecule has 1 unspecified atom stereocenters. The molecule has 2 aromatic rings. The van der Waals surface area contributed by atoms with E-state index in [1.807, 2.05) is 29.6 Å². The largest absolute Gasteiger partial charge is 0.344 e. The number of rotatable bonds is 5. The Hall–Kier alpha value is -2.71. The Morgan fingerprint density at radius 1 is 1.29 bits per heavy atom. The number of amides is 4. The van der Waals surface area contributed by atoms with Crippen molar-refractivity contribution in [1.29, 1.82) is 0 Å². The van der Waals surface area contributed by atoms with E-state index in [4.69, 9.17) is 0 Å². The number of benzene rings is 1. The van der Waals surface area contributed by atoms with E-state index in [-0.39, 0.29) is 12.5 Å². The van der Waals surface area contributed by atoms with E-state index < -0.39 is 17.5 Å². The average Bonchev–Trinajstić information content (AvgIpc) is 3.41. The highest BCUT2D eigenvalue weighted by Crippen LogP contribution is 2.27. The van der Waals surface area contributed by atoms with Crippen molar-refractivity contribution < 1.29 is 19.3 Å². The molecule has 1 aromatic heterocycles. The number of likely N-dealkylation sites (tertiary alicyclic amines) is 1. The molecular formula is C20H23N4O3S+. The van der Waals surface area contributed by atoms with Crippen LogP contribution >= 0.6 is 11.3 Å². The molecule has 2 aliphatic rings. The second-order valence-corrected chi connectivity index (χ2v) is 8.37. The highest BCUT2D eigenvalue weighted by Gasteiger charge is 2.50. The molecule has 0 aliphatic carbocycles. The predicted molar refractivity (Wildman–Crippen MR) is 104 cm³/mol. The summed E-state index contributed by atoms with van der Waals surface area (Å²) in [4.78, 5) is 40.3. The third kappa shape index (κ3) is 3.29. The summed E-state index contributed by atoms with van der Waals surface area (Å²) in [5, 5.41) is 5.55. The van der Waals surface area contributed by atoms with E-state index in [1.54, 1.807) is 30.4 Å². The molecule has 0 radical (unpaired) electrons. The second kappa shape index (κ2) is 7.37. The molecular weight excluding hydrogens is 376 g/mol. The Morgan fingerprint density at radius 2 is 2.07 bits per heavy atom. The first-order chi connectivity index (χ1) is 13.5. The van der Waals surface area contributed by atoms with Gasteiger partial charge in [-0.2, -0.15) is 5.01 Å². The molecule has 2 fully saturated rings. The molecule has 2 aliphatic heterocycles. The van der Waals surface area contributed by atoms with Gasteiger partial charge in [-0.25, -0.2) is 4.79 Å². The van der Waals surface area contributed by atoms with Crippen molar-refractivity contribution in [3.63, 3.8) is 0 Å². The van der Waals surface area contributed by atoms with Crippen LogP contribution in [0.5, 0.6) is 0 Å². The van der Waals surface area contributed by atoms with Gasteiger partial charge in [-0.05, 0) is 23.9 Å². The molecule has 146 valence electrons. The van der Waals surface area contributed by atoms with Gasteiger partial charge in [0.05, 0.1) is 11.4 Å². The smallest absolute Gasteiger partial charge is 0.320 e. The summed E-state index contributed by atoms with van der Waals surface area (Å²) in [5.41, 5.74) is 2.00. The minimum atomic E-state index is -1.19. The maximum atomic E-state index is 12.9. The molecule has 4 rings (SSSR count). The molecule has 7 nitrogen and oxygen atoms in total. The summed E-state index contributed by atoms with van der Waals surface area (Å²) in [5.74, 6) is -0.817. The molecule has 0 spiro atoms.